The molecule has 0 saturated carbocycles. The van der Waals surface area contributed by atoms with E-state index in [-0.39, 0.29) is 5.76 Å². The molecule has 5 nitrogen and oxygen atoms in total. The van der Waals surface area contributed by atoms with Crippen molar-refractivity contribution in [2.75, 3.05) is 6.54 Å². The van der Waals surface area contributed by atoms with Gasteiger partial charge < -0.3 is 15.8 Å². The van der Waals surface area contributed by atoms with Gasteiger partial charge in [-0.1, -0.05) is 36.4 Å². The van der Waals surface area contributed by atoms with E-state index in [4.69, 9.17) is 5.73 Å². The van der Waals surface area contributed by atoms with Gasteiger partial charge in [0.15, 0.2) is 0 Å². The first-order valence-electron chi connectivity index (χ1n) is 7.47. The lowest BCUT2D eigenvalue weighted by Crippen LogP contribution is -2.02. The van der Waals surface area contributed by atoms with Crippen molar-refractivity contribution in [3.05, 3.63) is 71.2 Å². The summed E-state index contributed by atoms with van der Waals surface area (Å²) in [5.41, 5.74) is 10.7. The Labute approximate surface area is 133 Å². The maximum Gasteiger partial charge on any atom is 0.150 e. The summed E-state index contributed by atoms with van der Waals surface area (Å²) in [7, 11) is 0. The lowest BCUT2D eigenvalue weighted by molar-refractivity contribution is 0.447. The second kappa shape index (κ2) is 5.37. The van der Waals surface area contributed by atoms with Gasteiger partial charge in [0.1, 0.15) is 17.3 Å². The van der Waals surface area contributed by atoms with Crippen molar-refractivity contribution in [2.24, 2.45) is 10.7 Å². The van der Waals surface area contributed by atoms with Crippen molar-refractivity contribution in [1.29, 1.82) is 0 Å². The van der Waals surface area contributed by atoms with Crippen molar-refractivity contribution in [3.63, 3.8) is 0 Å². The molecule has 0 atom stereocenters. The smallest absolute Gasteiger partial charge is 0.150 e. The number of nitrogens with zero attached hydrogens (tertiary/aromatic N) is 2. The molecule has 1 aliphatic heterocycles. The highest BCUT2D eigenvalue weighted by molar-refractivity contribution is 6.17. The molecule has 0 amide bonds. The standard InChI is InChI=1S/C18H16N4O/c19-9-11-6-7-14-15(8-11)22-18(21-14)13-10-20-16(17(13)23)12-4-2-1-3-5-12/h1-8,23H,9-10,19H2,(H,21,22). The van der Waals surface area contributed by atoms with Crippen LogP contribution in [-0.2, 0) is 6.54 Å². The molecule has 0 aliphatic carbocycles. The van der Waals surface area contributed by atoms with Crippen molar-refractivity contribution in [1.82, 2.24) is 9.97 Å². The number of H-pyrrole nitrogens is 1. The number of nitrogens with one attached hydrogen (secondary N) is 1. The van der Waals surface area contributed by atoms with Crippen molar-refractivity contribution in [2.45, 2.75) is 6.54 Å². The van der Waals surface area contributed by atoms with Crippen LogP contribution in [0.5, 0.6) is 0 Å². The molecule has 0 unspecified atom stereocenters. The summed E-state index contributed by atoms with van der Waals surface area (Å²) in [5.74, 6) is 0.843. The van der Waals surface area contributed by atoms with Crippen LogP contribution in [0.4, 0.5) is 0 Å². The zero-order chi connectivity index (χ0) is 15.8. The van der Waals surface area contributed by atoms with E-state index in [9.17, 15) is 5.11 Å². The summed E-state index contributed by atoms with van der Waals surface area (Å²) < 4.78 is 0. The third kappa shape index (κ3) is 2.31. The average Bonchev–Trinajstić information content (AvgIpc) is 3.17. The lowest BCUT2D eigenvalue weighted by atomic mass is 10.1. The molecule has 0 saturated heterocycles. The van der Waals surface area contributed by atoms with Gasteiger partial charge >= 0.3 is 0 Å². The molecule has 0 radical (unpaired) electrons. The number of aliphatic hydroxyl groups excluding tert-OH is 1. The predicted octanol–water partition coefficient (Wildman–Crippen LogP) is 2.79. The molecule has 1 aromatic heterocycles. The Morgan fingerprint density at radius 2 is 1.96 bits per heavy atom. The van der Waals surface area contributed by atoms with Crippen LogP contribution in [0.1, 0.15) is 17.0 Å². The average molecular weight is 304 g/mol. The molecule has 23 heavy (non-hydrogen) atoms. The van der Waals surface area contributed by atoms with E-state index in [0.717, 1.165) is 22.2 Å². The Balaban J connectivity index is 1.75. The largest absolute Gasteiger partial charge is 0.505 e. The number of imidazole rings is 1. The molecule has 4 rings (SSSR count). The van der Waals surface area contributed by atoms with Gasteiger partial charge in [-0.25, -0.2) is 4.98 Å². The van der Waals surface area contributed by atoms with Crippen LogP contribution in [0, 0.1) is 0 Å². The number of benzene rings is 2. The van der Waals surface area contributed by atoms with E-state index in [1.165, 1.54) is 0 Å². The quantitative estimate of drug-likeness (QED) is 0.695. The molecular weight excluding hydrogens is 288 g/mol. The molecular formula is C18H16N4O. The number of fused-ring (bicyclic) bond motifs is 1. The maximum absolute atomic E-state index is 10.6. The van der Waals surface area contributed by atoms with E-state index in [1.54, 1.807) is 0 Å². The fourth-order valence-corrected chi connectivity index (χ4v) is 2.79. The number of hydrogen-bond donors (Lipinski definition) is 3. The van der Waals surface area contributed by atoms with Gasteiger partial charge in [-0.15, -0.1) is 0 Å². The molecule has 0 fully saturated rings. The Bertz CT molecular complexity index is 938. The zero-order valence-corrected chi connectivity index (χ0v) is 12.5. The summed E-state index contributed by atoms with van der Waals surface area (Å²) in [5, 5.41) is 10.6. The summed E-state index contributed by atoms with van der Waals surface area (Å²) in [4.78, 5) is 12.3. The molecule has 0 bridgehead atoms. The van der Waals surface area contributed by atoms with E-state index in [0.29, 0.717) is 30.2 Å². The van der Waals surface area contributed by atoms with Crippen LogP contribution in [0.3, 0.4) is 0 Å². The number of aromatic amines is 1. The summed E-state index contributed by atoms with van der Waals surface area (Å²) in [6.45, 7) is 0.902. The number of aromatic nitrogens is 2. The monoisotopic (exact) mass is 304 g/mol. The van der Waals surface area contributed by atoms with Crippen molar-refractivity contribution >= 4 is 22.3 Å². The van der Waals surface area contributed by atoms with E-state index in [2.05, 4.69) is 15.0 Å². The lowest BCUT2D eigenvalue weighted by Gasteiger charge is -2.01. The van der Waals surface area contributed by atoms with Crippen LogP contribution < -0.4 is 5.73 Å². The highest BCUT2D eigenvalue weighted by atomic mass is 16.3. The minimum Gasteiger partial charge on any atom is -0.505 e. The highest BCUT2D eigenvalue weighted by Crippen LogP contribution is 2.26. The van der Waals surface area contributed by atoms with E-state index in [1.807, 2.05) is 48.5 Å². The first-order valence-corrected chi connectivity index (χ1v) is 7.47. The first kappa shape index (κ1) is 13.7. The van der Waals surface area contributed by atoms with Gasteiger partial charge in [-0.3, -0.25) is 4.99 Å². The second-order valence-electron chi connectivity index (χ2n) is 5.50. The van der Waals surface area contributed by atoms with Crippen molar-refractivity contribution < 1.29 is 5.11 Å². The first-order chi connectivity index (χ1) is 11.3. The summed E-state index contributed by atoms with van der Waals surface area (Å²) in [6.07, 6.45) is 0. The van der Waals surface area contributed by atoms with Crippen LogP contribution >= 0.6 is 0 Å². The molecule has 0 spiro atoms. The van der Waals surface area contributed by atoms with Gasteiger partial charge in [0, 0.05) is 12.1 Å². The van der Waals surface area contributed by atoms with Crippen LogP contribution in [0.25, 0.3) is 16.6 Å². The summed E-state index contributed by atoms with van der Waals surface area (Å²) in [6, 6.07) is 15.5. The Morgan fingerprint density at radius 3 is 2.74 bits per heavy atom. The Hall–Kier alpha value is -2.92. The van der Waals surface area contributed by atoms with Gasteiger partial charge in [-0.05, 0) is 17.7 Å². The maximum atomic E-state index is 10.6. The SMILES string of the molecule is NCc1ccc2nc(C3=C(O)C(c4ccccc4)=NC3)[nH]c2c1. The van der Waals surface area contributed by atoms with Crippen LogP contribution in [0.15, 0.2) is 59.3 Å². The number of aliphatic hydroxyl groups is 1. The van der Waals surface area contributed by atoms with Crippen LogP contribution in [0.2, 0.25) is 0 Å². The molecule has 3 aromatic rings. The third-order valence-corrected chi connectivity index (χ3v) is 4.02. The predicted molar refractivity (Wildman–Crippen MR) is 91.4 cm³/mol. The number of nitrogens with two attached hydrogens (primary N) is 1. The Morgan fingerprint density at radius 1 is 1.13 bits per heavy atom. The zero-order valence-electron chi connectivity index (χ0n) is 12.5. The molecule has 4 N–H and O–H groups in total. The van der Waals surface area contributed by atoms with E-state index >= 15 is 0 Å². The third-order valence-electron chi connectivity index (χ3n) is 4.02. The Kier molecular flexibility index (Phi) is 3.20. The minimum absolute atomic E-state index is 0.189. The fourth-order valence-electron chi connectivity index (χ4n) is 2.79. The second-order valence-corrected chi connectivity index (χ2v) is 5.50. The van der Waals surface area contributed by atoms with Crippen LogP contribution in [-0.4, -0.2) is 27.3 Å². The van der Waals surface area contributed by atoms with Gasteiger partial charge in [-0.2, -0.15) is 0 Å². The van der Waals surface area contributed by atoms with E-state index < -0.39 is 0 Å². The number of rotatable bonds is 3. The molecule has 1 aliphatic rings. The highest BCUT2D eigenvalue weighted by Gasteiger charge is 2.23. The number of aliphatic imine (C=N–C) groups is 1. The fraction of sp³-hybridized carbons (Fsp3) is 0.111. The van der Waals surface area contributed by atoms with Gasteiger partial charge in [0.25, 0.3) is 0 Å². The van der Waals surface area contributed by atoms with Crippen molar-refractivity contribution in [3.8, 4) is 0 Å². The van der Waals surface area contributed by atoms with Gasteiger partial charge in [0.2, 0.25) is 0 Å². The number of allylic oxidation sites excluding steroid dienone is 1. The molecule has 2 aromatic carbocycles. The molecule has 114 valence electrons. The topological polar surface area (TPSA) is 87.3 Å². The van der Waals surface area contributed by atoms with Gasteiger partial charge in [0.05, 0.1) is 23.2 Å². The minimum atomic E-state index is 0.189. The molecule has 5 heteroatoms. The number of hydrogen-bond acceptors (Lipinski definition) is 4. The molecule has 2 heterocycles. The normalized spacial score (nSPS) is 14.6. The summed E-state index contributed by atoms with van der Waals surface area (Å²) >= 11 is 0.